The second kappa shape index (κ2) is 7.75. The molecular formula is C17H19NOS. The molecule has 2 nitrogen and oxygen atoms in total. The van der Waals surface area contributed by atoms with Gasteiger partial charge in [0, 0.05) is 22.1 Å². The smallest absolute Gasteiger partial charge is 0.178 e. The molecule has 104 valence electrons. The van der Waals surface area contributed by atoms with Crippen molar-refractivity contribution in [3.8, 4) is 0 Å². The lowest BCUT2D eigenvalue weighted by Crippen LogP contribution is -2.08. The first kappa shape index (κ1) is 14.7. The van der Waals surface area contributed by atoms with E-state index in [0.29, 0.717) is 11.8 Å². The van der Waals surface area contributed by atoms with Gasteiger partial charge in [0.25, 0.3) is 0 Å². The SMILES string of the molecule is CC(C/C=[N+](\[O-])Cc1ccccc1)Sc1ccccc1. The summed E-state index contributed by atoms with van der Waals surface area (Å²) in [5, 5.41) is 12.2. The fourth-order valence-corrected chi connectivity index (χ4v) is 2.83. The van der Waals surface area contributed by atoms with Gasteiger partial charge < -0.3 is 5.21 Å². The van der Waals surface area contributed by atoms with E-state index in [1.165, 1.54) is 4.90 Å². The van der Waals surface area contributed by atoms with E-state index in [9.17, 15) is 5.21 Å². The van der Waals surface area contributed by atoms with E-state index in [1.807, 2.05) is 48.5 Å². The van der Waals surface area contributed by atoms with Crippen LogP contribution in [0.15, 0.2) is 65.6 Å². The van der Waals surface area contributed by atoms with Crippen LogP contribution in [0.5, 0.6) is 0 Å². The Morgan fingerprint density at radius 1 is 1.05 bits per heavy atom. The van der Waals surface area contributed by atoms with Crippen LogP contribution in [0, 0.1) is 5.21 Å². The maximum Gasteiger partial charge on any atom is 0.178 e. The molecule has 0 bridgehead atoms. The molecule has 0 amide bonds. The number of nitrogens with zero attached hydrogens (tertiary/aromatic N) is 1. The second-order valence-corrected chi connectivity index (χ2v) is 6.23. The van der Waals surface area contributed by atoms with Crippen LogP contribution in [0.25, 0.3) is 0 Å². The zero-order valence-corrected chi connectivity index (χ0v) is 12.4. The molecule has 20 heavy (non-hydrogen) atoms. The van der Waals surface area contributed by atoms with Crippen LogP contribution in [-0.2, 0) is 6.54 Å². The summed E-state index contributed by atoms with van der Waals surface area (Å²) in [6.07, 6.45) is 2.52. The van der Waals surface area contributed by atoms with Crippen molar-refractivity contribution >= 4 is 18.0 Å². The third kappa shape index (κ3) is 5.10. The zero-order chi connectivity index (χ0) is 14.2. The second-order valence-electron chi connectivity index (χ2n) is 4.72. The molecule has 0 saturated heterocycles. The standard InChI is InChI=1S/C17H19NOS/c1-15(20-17-10-6-3-7-11-17)12-13-18(19)14-16-8-4-2-5-9-16/h2-11,13,15H,12,14H2,1H3/b18-13-. The summed E-state index contributed by atoms with van der Waals surface area (Å²) in [5.74, 6) is 0. The average Bonchev–Trinajstić information content (AvgIpc) is 2.47. The predicted molar refractivity (Wildman–Crippen MR) is 86.2 cm³/mol. The molecule has 0 aromatic heterocycles. The van der Waals surface area contributed by atoms with E-state index in [2.05, 4.69) is 19.1 Å². The highest BCUT2D eigenvalue weighted by Crippen LogP contribution is 2.23. The lowest BCUT2D eigenvalue weighted by atomic mass is 10.2. The van der Waals surface area contributed by atoms with Gasteiger partial charge in [-0.25, -0.2) is 4.74 Å². The molecule has 1 atom stereocenters. The van der Waals surface area contributed by atoms with Crippen LogP contribution in [0.4, 0.5) is 0 Å². The van der Waals surface area contributed by atoms with Crippen LogP contribution >= 0.6 is 11.8 Å². The molecule has 0 fully saturated rings. The molecule has 0 radical (unpaired) electrons. The molecule has 0 spiro atoms. The highest BCUT2D eigenvalue weighted by Gasteiger charge is 2.05. The van der Waals surface area contributed by atoms with E-state index < -0.39 is 0 Å². The van der Waals surface area contributed by atoms with Crippen molar-refractivity contribution in [1.82, 2.24) is 0 Å². The lowest BCUT2D eigenvalue weighted by molar-refractivity contribution is -0.471. The lowest BCUT2D eigenvalue weighted by Gasteiger charge is -2.09. The normalized spacial score (nSPS) is 13.2. The molecule has 0 aliphatic rings. The van der Waals surface area contributed by atoms with Crippen LogP contribution in [0.1, 0.15) is 18.9 Å². The molecule has 0 saturated carbocycles. The summed E-state index contributed by atoms with van der Waals surface area (Å²) in [4.78, 5) is 1.24. The molecule has 3 heteroatoms. The minimum Gasteiger partial charge on any atom is -0.624 e. The Bertz CT molecular complexity index is 539. The van der Waals surface area contributed by atoms with E-state index in [1.54, 1.807) is 18.0 Å². The van der Waals surface area contributed by atoms with Crippen LogP contribution < -0.4 is 0 Å². The fourth-order valence-electron chi connectivity index (χ4n) is 1.87. The fraction of sp³-hybridized carbons (Fsp3) is 0.235. The Balaban J connectivity index is 1.82. The highest BCUT2D eigenvalue weighted by atomic mass is 32.2. The average molecular weight is 285 g/mol. The first-order chi connectivity index (χ1) is 9.74. The van der Waals surface area contributed by atoms with Crippen molar-refractivity contribution in [3.63, 3.8) is 0 Å². The zero-order valence-electron chi connectivity index (χ0n) is 11.6. The Labute approximate surface area is 124 Å². The van der Waals surface area contributed by atoms with E-state index in [0.717, 1.165) is 16.7 Å². The number of benzene rings is 2. The van der Waals surface area contributed by atoms with Crippen molar-refractivity contribution in [2.45, 2.75) is 30.0 Å². The molecule has 0 aliphatic heterocycles. The maximum atomic E-state index is 11.8. The van der Waals surface area contributed by atoms with E-state index in [-0.39, 0.29) is 0 Å². The van der Waals surface area contributed by atoms with E-state index >= 15 is 0 Å². The monoisotopic (exact) mass is 285 g/mol. The summed E-state index contributed by atoms with van der Waals surface area (Å²) in [7, 11) is 0. The molecule has 2 aromatic rings. The maximum absolute atomic E-state index is 11.8. The molecule has 2 rings (SSSR count). The van der Waals surface area contributed by atoms with Crippen molar-refractivity contribution in [1.29, 1.82) is 0 Å². The van der Waals surface area contributed by atoms with E-state index in [4.69, 9.17) is 0 Å². The number of hydroxylamine groups is 1. The summed E-state index contributed by atoms with van der Waals surface area (Å²) in [5.41, 5.74) is 1.04. The van der Waals surface area contributed by atoms with Gasteiger partial charge in [0.05, 0.1) is 0 Å². The van der Waals surface area contributed by atoms with Gasteiger partial charge in [0.15, 0.2) is 12.8 Å². The number of thioether (sulfide) groups is 1. The third-order valence-corrected chi connectivity index (χ3v) is 4.04. The van der Waals surface area contributed by atoms with Crippen molar-refractivity contribution < 1.29 is 4.74 Å². The van der Waals surface area contributed by atoms with Gasteiger partial charge in [-0.1, -0.05) is 55.5 Å². The minimum absolute atomic E-state index is 0.393. The van der Waals surface area contributed by atoms with Gasteiger partial charge in [-0.05, 0) is 12.1 Å². The van der Waals surface area contributed by atoms with Gasteiger partial charge in [0.2, 0.25) is 0 Å². The van der Waals surface area contributed by atoms with Crippen molar-refractivity contribution in [3.05, 3.63) is 71.4 Å². The van der Waals surface area contributed by atoms with Gasteiger partial charge in [-0.2, -0.15) is 0 Å². The predicted octanol–water partition coefficient (Wildman–Crippen LogP) is 4.34. The van der Waals surface area contributed by atoms with Crippen molar-refractivity contribution in [2.75, 3.05) is 0 Å². The first-order valence-corrected chi connectivity index (χ1v) is 7.65. The third-order valence-electron chi connectivity index (χ3n) is 2.90. The molecule has 0 heterocycles. The number of hydrogen-bond acceptors (Lipinski definition) is 2. The van der Waals surface area contributed by atoms with Crippen LogP contribution in [0.2, 0.25) is 0 Å². The number of rotatable bonds is 6. The molecule has 0 aliphatic carbocycles. The van der Waals surface area contributed by atoms with Gasteiger partial charge in [-0.3, -0.25) is 0 Å². The van der Waals surface area contributed by atoms with Gasteiger partial charge >= 0.3 is 0 Å². The van der Waals surface area contributed by atoms with Crippen LogP contribution in [0.3, 0.4) is 0 Å². The molecule has 0 N–H and O–H groups in total. The number of hydrogen-bond donors (Lipinski definition) is 0. The van der Waals surface area contributed by atoms with Gasteiger partial charge in [-0.15, -0.1) is 11.8 Å². The van der Waals surface area contributed by atoms with Gasteiger partial charge in [0.1, 0.15) is 0 Å². The quantitative estimate of drug-likeness (QED) is 0.259. The largest absolute Gasteiger partial charge is 0.624 e. The summed E-state index contributed by atoms with van der Waals surface area (Å²) < 4.78 is 1.03. The Kier molecular flexibility index (Phi) is 5.69. The highest BCUT2D eigenvalue weighted by molar-refractivity contribution is 8.00. The minimum atomic E-state index is 0.393. The Hall–Kier alpha value is -1.74. The Morgan fingerprint density at radius 3 is 2.30 bits per heavy atom. The molecular weight excluding hydrogens is 266 g/mol. The first-order valence-electron chi connectivity index (χ1n) is 6.77. The summed E-state index contributed by atoms with van der Waals surface area (Å²) >= 11 is 1.80. The molecule has 1 unspecified atom stereocenters. The molecule has 2 aromatic carbocycles. The Morgan fingerprint density at radius 2 is 1.65 bits per heavy atom. The van der Waals surface area contributed by atoms with Crippen molar-refractivity contribution in [2.24, 2.45) is 0 Å². The topological polar surface area (TPSA) is 26.1 Å². The summed E-state index contributed by atoms with van der Waals surface area (Å²) in [6, 6.07) is 20.1. The summed E-state index contributed by atoms with van der Waals surface area (Å²) in [6.45, 7) is 2.56. The van der Waals surface area contributed by atoms with Crippen LogP contribution in [-0.4, -0.2) is 16.2 Å².